The Hall–Kier alpha value is -1.10. The van der Waals surface area contributed by atoms with Gasteiger partial charge in [-0.3, -0.25) is 9.59 Å². The Morgan fingerprint density at radius 2 is 1.86 bits per heavy atom. The van der Waals surface area contributed by atoms with Crippen molar-refractivity contribution in [2.75, 3.05) is 27.2 Å². The van der Waals surface area contributed by atoms with E-state index in [0.29, 0.717) is 0 Å². The SMILES string of the molecule is CC(C)C1C(=O)N2CCCC2C(=O)N1C(C)CCN(C)C. The molecule has 2 aliphatic heterocycles. The van der Waals surface area contributed by atoms with Crippen LogP contribution in [0, 0.1) is 5.92 Å². The lowest BCUT2D eigenvalue weighted by Gasteiger charge is -2.46. The van der Waals surface area contributed by atoms with Crippen molar-refractivity contribution in [3.63, 3.8) is 0 Å². The summed E-state index contributed by atoms with van der Waals surface area (Å²) >= 11 is 0. The summed E-state index contributed by atoms with van der Waals surface area (Å²) in [4.78, 5) is 31.5. The van der Waals surface area contributed by atoms with Crippen LogP contribution in [0.5, 0.6) is 0 Å². The van der Waals surface area contributed by atoms with Gasteiger partial charge in [-0.2, -0.15) is 0 Å². The molecule has 2 saturated heterocycles. The van der Waals surface area contributed by atoms with Gasteiger partial charge in [-0.25, -0.2) is 0 Å². The maximum absolute atomic E-state index is 12.9. The second-order valence-electron chi connectivity index (χ2n) is 7.06. The molecule has 0 saturated carbocycles. The Morgan fingerprint density at radius 3 is 2.43 bits per heavy atom. The summed E-state index contributed by atoms with van der Waals surface area (Å²) < 4.78 is 0. The number of hydrogen-bond acceptors (Lipinski definition) is 3. The summed E-state index contributed by atoms with van der Waals surface area (Å²) in [5.41, 5.74) is 0. The smallest absolute Gasteiger partial charge is 0.246 e. The third kappa shape index (κ3) is 3.07. The zero-order chi connectivity index (χ0) is 15.7. The van der Waals surface area contributed by atoms with Crippen molar-refractivity contribution in [3.8, 4) is 0 Å². The van der Waals surface area contributed by atoms with Gasteiger partial charge in [-0.05, 0) is 52.7 Å². The van der Waals surface area contributed by atoms with Crippen LogP contribution in [0.3, 0.4) is 0 Å². The highest BCUT2D eigenvalue weighted by atomic mass is 16.2. The monoisotopic (exact) mass is 295 g/mol. The molecule has 0 aliphatic carbocycles. The zero-order valence-electron chi connectivity index (χ0n) is 14.0. The minimum absolute atomic E-state index is 0.110. The molecule has 2 heterocycles. The van der Waals surface area contributed by atoms with Gasteiger partial charge in [0.25, 0.3) is 0 Å². The summed E-state index contributed by atoms with van der Waals surface area (Å²) in [6, 6.07) is -0.377. The molecule has 0 N–H and O–H groups in total. The van der Waals surface area contributed by atoms with Crippen molar-refractivity contribution < 1.29 is 9.59 Å². The minimum Gasteiger partial charge on any atom is -0.329 e. The van der Waals surface area contributed by atoms with Crippen LogP contribution in [-0.4, -0.2) is 71.8 Å². The standard InChI is InChI=1S/C16H29N3O2/c1-11(2)14-16(21)18-9-6-7-13(18)15(20)19(14)12(3)8-10-17(4)5/h11-14H,6-10H2,1-5H3. The number of rotatable bonds is 5. The molecule has 0 bridgehead atoms. The zero-order valence-corrected chi connectivity index (χ0v) is 14.0. The van der Waals surface area contributed by atoms with E-state index in [1.165, 1.54) is 0 Å². The van der Waals surface area contributed by atoms with Crippen molar-refractivity contribution in [1.82, 2.24) is 14.7 Å². The van der Waals surface area contributed by atoms with Crippen LogP contribution in [-0.2, 0) is 9.59 Å². The van der Waals surface area contributed by atoms with Crippen molar-refractivity contribution in [1.29, 1.82) is 0 Å². The summed E-state index contributed by atoms with van der Waals surface area (Å²) in [6.07, 6.45) is 2.68. The van der Waals surface area contributed by atoms with E-state index in [1.807, 2.05) is 37.7 Å². The quantitative estimate of drug-likeness (QED) is 0.765. The first-order valence-corrected chi connectivity index (χ1v) is 8.12. The number of piperazine rings is 1. The average Bonchev–Trinajstić information content (AvgIpc) is 2.89. The van der Waals surface area contributed by atoms with Crippen molar-refractivity contribution in [2.45, 2.75) is 58.2 Å². The molecule has 120 valence electrons. The average molecular weight is 295 g/mol. The first-order chi connectivity index (χ1) is 9.84. The van der Waals surface area contributed by atoms with Gasteiger partial charge in [0.2, 0.25) is 11.8 Å². The predicted octanol–water partition coefficient (Wildman–Crippen LogP) is 1.18. The number of carbonyl (C=O) groups excluding carboxylic acids is 2. The summed E-state index contributed by atoms with van der Waals surface area (Å²) in [6.45, 7) is 7.83. The first-order valence-electron chi connectivity index (χ1n) is 8.12. The number of hydrogen-bond donors (Lipinski definition) is 0. The van der Waals surface area contributed by atoms with E-state index >= 15 is 0 Å². The Morgan fingerprint density at radius 1 is 1.19 bits per heavy atom. The Balaban J connectivity index is 2.22. The molecule has 0 spiro atoms. The number of fused-ring (bicyclic) bond motifs is 1. The summed E-state index contributed by atoms with van der Waals surface area (Å²) in [5, 5.41) is 0. The molecule has 3 atom stereocenters. The third-order valence-corrected chi connectivity index (χ3v) is 4.73. The van der Waals surface area contributed by atoms with Crippen LogP contribution in [0.2, 0.25) is 0 Å². The molecule has 5 nitrogen and oxygen atoms in total. The third-order valence-electron chi connectivity index (χ3n) is 4.73. The second kappa shape index (κ2) is 6.34. The van der Waals surface area contributed by atoms with Gasteiger partial charge < -0.3 is 14.7 Å². The molecule has 2 amide bonds. The van der Waals surface area contributed by atoms with Crippen molar-refractivity contribution >= 4 is 11.8 Å². The van der Waals surface area contributed by atoms with E-state index < -0.39 is 0 Å². The molecular formula is C16H29N3O2. The normalized spacial score (nSPS) is 27.8. The Bertz CT molecular complexity index is 408. The Kier molecular flexibility index (Phi) is 4.91. The molecule has 0 aromatic heterocycles. The summed E-state index contributed by atoms with van der Waals surface area (Å²) in [5.74, 6) is 0.477. The molecule has 21 heavy (non-hydrogen) atoms. The molecule has 0 aromatic rings. The maximum atomic E-state index is 12.9. The molecule has 3 unspecified atom stereocenters. The van der Waals surface area contributed by atoms with Gasteiger partial charge in [0, 0.05) is 12.6 Å². The lowest BCUT2D eigenvalue weighted by atomic mass is 9.93. The highest BCUT2D eigenvalue weighted by Crippen LogP contribution is 2.31. The maximum Gasteiger partial charge on any atom is 0.246 e. The van der Waals surface area contributed by atoms with E-state index in [1.54, 1.807) is 0 Å². The van der Waals surface area contributed by atoms with Crippen LogP contribution in [0.25, 0.3) is 0 Å². The highest BCUT2D eigenvalue weighted by molar-refractivity contribution is 5.97. The van der Waals surface area contributed by atoms with E-state index in [4.69, 9.17) is 0 Å². The van der Waals surface area contributed by atoms with Crippen LogP contribution in [0.15, 0.2) is 0 Å². The molecule has 2 rings (SSSR count). The predicted molar refractivity (Wildman–Crippen MR) is 82.8 cm³/mol. The van der Waals surface area contributed by atoms with Crippen LogP contribution < -0.4 is 0 Å². The molecular weight excluding hydrogens is 266 g/mol. The van der Waals surface area contributed by atoms with Crippen molar-refractivity contribution in [2.24, 2.45) is 5.92 Å². The fourth-order valence-corrected chi connectivity index (χ4v) is 3.57. The molecule has 2 fully saturated rings. The van der Waals surface area contributed by atoms with E-state index in [-0.39, 0.29) is 35.9 Å². The lowest BCUT2D eigenvalue weighted by Crippen LogP contribution is -2.66. The molecule has 0 radical (unpaired) electrons. The molecule has 2 aliphatic rings. The van der Waals surface area contributed by atoms with E-state index in [0.717, 1.165) is 32.4 Å². The van der Waals surface area contributed by atoms with Gasteiger partial charge in [-0.15, -0.1) is 0 Å². The fourth-order valence-electron chi connectivity index (χ4n) is 3.57. The van der Waals surface area contributed by atoms with Gasteiger partial charge in [0.1, 0.15) is 12.1 Å². The topological polar surface area (TPSA) is 43.9 Å². The van der Waals surface area contributed by atoms with Crippen LogP contribution >= 0.6 is 0 Å². The molecule has 0 aromatic carbocycles. The second-order valence-corrected chi connectivity index (χ2v) is 7.06. The van der Waals surface area contributed by atoms with Gasteiger partial charge >= 0.3 is 0 Å². The van der Waals surface area contributed by atoms with Gasteiger partial charge in [0.15, 0.2) is 0 Å². The first kappa shape index (κ1) is 16.3. The molecule has 5 heteroatoms. The van der Waals surface area contributed by atoms with Crippen molar-refractivity contribution in [3.05, 3.63) is 0 Å². The number of amides is 2. The minimum atomic E-state index is -0.288. The van der Waals surface area contributed by atoms with Gasteiger partial charge in [-0.1, -0.05) is 13.8 Å². The number of nitrogens with zero attached hydrogens (tertiary/aromatic N) is 3. The van der Waals surface area contributed by atoms with Crippen LogP contribution in [0.4, 0.5) is 0 Å². The van der Waals surface area contributed by atoms with E-state index in [2.05, 4.69) is 11.8 Å². The van der Waals surface area contributed by atoms with Crippen LogP contribution in [0.1, 0.15) is 40.0 Å². The lowest BCUT2D eigenvalue weighted by molar-refractivity contribution is -0.164. The fraction of sp³-hybridized carbons (Fsp3) is 0.875. The highest BCUT2D eigenvalue weighted by Gasteiger charge is 2.49. The van der Waals surface area contributed by atoms with E-state index in [9.17, 15) is 9.59 Å². The summed E-state index contributed by atoms with van der Waals surface area (Å²) in [7, 11) is 4.07. The number of carbonyl (C=O) groups is 2. The Labute approximate surface area is 128 Å². The largest absolute Gasteiger partial charge is 0.329 e. The van der Waals surface area contributed by atoms with Gasteiger partial charge in [0.05, 0.1) is 0 Å².